The SMILES string of the molecule is CCOC(=O)CCNS(=O)(=O)c1c(C)c(C)cc(C)c1C. The maximum atomic E-state index is 12.5. The van der Waals surface area contributed by atoms with E-state index in [1.807, 2.05) is 19.9 Å². The maximum absolute atomic E-state index is 12.5. The molecule has 0 aliphatic carbocycles. The van der Waals surface area contributed by atoms with Gasteiger partial charge in [0.05, 0.1) is 17.9 Å². The van der Waals surface area contributed by atoms with Crippen LogP contribution >= 0.6 is 0 Å². The number of aryl methyl sites for hydroxylation is 2. The molecule has 1 N–H and O–H groups in total. The molecule has 0 heterocycles. The predicted molar refractivity (Wildman–Crippen MR) is 81.8 cm³/mol. The number of nitrogens with one attached hydrogen (secondary N) is 1. The van der Waals surface area contributed by atoms with Crippen LogP contribution in [-0.4, -0.2) is 27.5 Å². The van der Waals surface area contributed by atoms with Crippen molar-refractivity contribution < 1.29 is 17.9 Å². The Kier molecular flexibility index (Phi) is 5.92. The number of benzene rings is 1. The second-order valence-corrected chi connectivity index (χ2v) is 6.75. The summed E-state index contributed by atoms with van der Waals surface area (Å²) in [5, 5.41) is 0. The summed E-state index contributed by atoms with van der Waals surface area (Å²) in [7, 11) is -3.64. The molecule has 1 aromatic carbocycles. The molecule has 0 aromatic heterocycles. The molecule has 118 valence electrons. The molecule has 0 aliphatic heterocycles. The Labute approximate surface area is 126 Å². The number of carbonyl (C=O) groups is 1. The van der Waals surface area contributed by atoms with Crippen LogP contribution in [0.4, 0.5) is 0 Å². The van der Waals surface area contributed by atoms with Crippen LogP contribution in [0.2, 0.25) is 0 Å². The lowest BCUT2D eigenvalue weighted by atomic mass is 10.0. The zero-order valence-electron chi connectivity index (χ0n) is 13.2. The molecule has 0 fully saturated rings. The monoisotopic (exact) mass is 313 g/mol. The molecule has 0 amide bonds. The number of ether oxygens (including phenoxy) is 1. The fourth-order valence-corrected chi connectivity index (χ4v) is 3.82. The van der Waals surface area contributed by atoms with Crippen LogP contribution in [-0.2, 0) is 19.6 Å². The van der Waals surface area contributed by atoms with Gasteiger partial charge in [-0.25, -0.2) is 13.1 Å². The smallest absolute Gasteiger partial charge is 0.307 e. The van der Waals surface area contributed by atoms with E-state index in [0.717, 1.165) is 22.3 Å². The van der Waals surface area contributed by atoms with E-state index in [9.17, 15) is 13.2 Å². The third kappa shape index (κ3) is 4.28. The van der Waals surface area contributed by atoms with E-state index in [4.69, 9.17) is 4.74 Å². The van der Waals surface area contributed by atoms with Gasteiger partial charge in [-0.3, -0.25) is 4.79 Å². The lowest BCUT2D eigenvalue weighted by Gasteiger charge is -2.16. The summed E-state index contributed by atoms with van der Waals surface area (Å²) in [6, 6.07) is 1.97. The summed E-state index contributed by atoms with van der Waals surface area (Å²) in [6.45, 7) is 9.40. The molecular weight excluding hydrogens is 290 g/mol. The molecule has 0 radical (unpaired) electrons. The zero-order valence-corrected chi connectivity index (χ0v) is 14.1. The average Bonchev–Trinajstić information content (AvgIpc) is 2.36. The Bertz CT molecular complexity index is 609. The van der Waals surface area contributed by atoms with Crippen molar-refractivity contribution >= 4 is 16.0 Å². The molecule has 21 heavy (non-hydrogen) atoms. The van der Waals surface area contributed by atoms with Gasteiger partial charge in [0.2, 0.25) is 10.0 Å². The van der Waals surface area contributed by atoms with E-state index in [2.05, 4.69) is 4.72 Å². The third-order valence-electron chi connectivity index (χ3n) is 3.49. The molecule has 0 atom stereocenters. The standard InChI is InChI=1S/C15H23NO4S/c1-6-20-14(17)7-8-16-21(18,19)15-12(4)10(2)9-11(3)13(15)5/h9,16H,6-8H2,1-5H3. The van der Waals surface area contributed by atoms with Crippen LogP contribution in [0.5, 0.6) is 0 Å². The summed E-state index contributed by atoms with van der Waals surface area (Å²) in [6.07, 6.45) is 0.0238. The first-order valence-electron chi connectivity index (χ1n) is 6.93. The van der Waals surface area contributed by atoms with E-state index in [-0.39, 0.29) is 13.0 Å². The van der Waals surface area contributed by atoms with E-state index in [0.29, 0.717) is 11.5 Å². The summed E-state index contributed by atoms with van der Waals surface area (Å²) in [5.41, 5.74) is 3.34. The van der Waals surface area contributed by atoms with Gasteiger partial charge in [0.25, 0.3) is 0 Å². The first-order valence-corrected chi connectivity index (χ1v) is 8.41. The van der Waals surface area contributed by atoms with Crippen molar-refractivity contribution in [1.82, 2.24) is 4.72 Å². The zero-order chi connectivity index (χ0) is 16.2. The topological polar surface area (TPSA) is 72.5 Å². The molecule has 0 saturated carbocycles. The highest BCUT2D eigenvalue weighted by Gasteiger charge is 2.21. The Morgan fingerprint density at radius 3 is 2.14 bits per heavy atom. The van der Waals surface area contributed by atoms with Gasteiger partial charge in [-0.05, 0) is 56.9 Å². The van der Waals surface area contributed by atoms with Crippen molar-refractivity contribution in [1.29, 1.82) is 0 Å². The molecular formula is C15H23NO4S. The van der Waals surface area contributed by atoms with Crippen LogP contribution < -0.4 is 4.72 Å². The molecule has 0 bridgehead atoms. The Morgan fingerprint density at radius 1 is 1.14 bits per heavy atom. The molecule has 0 spiro atoms. The highest BCUT2D eigenvalue weighted by Crippen LogP contribution is 2.25. The van der Waals surface area contributed by atoms with E-state index in [1.54, 1.807) is 20.8 Å². The number of hydrogen-bond acceptors (Lipinski definition) is 4. The predicted octanol–water partition coefficient (Wildman–Crippen LogP) is 2.15. The number of hydrogen-bond donors (Lipinski definition) is 1. The van der Waals surface area contributed by atoms with Crippen molar-refractivity contribution in [2.24, 2.45) is 0 Å². The number of sulfonamides is 1. The average molecular weight is 313 g/mol. The van der Waals surface area contributed by atoms with Crippen LogP contribution in [0.1, 0.15) is 35.6 Å². The molecule has 0 aliphatic rings. The fourth-order valence-electron chi connectivity index (χ4n) is 2.18. The van der Waals surface area contributed by atoms with Gasteiger partial charge >= 0.3 is 5.97 Å². The van der Waals surface area contributed by atoms with Gasteiger partial charge in [0.1, 0.15) is 0 Å². The van der Waals surface area contributed by atoms with Gasteiger partial charge in [-0.1, -0.05) is 6.07 Å². The third-order valence-corrected chi connectivity index (χ3v) is 5.23. The van der Waals surface area contributed by atoms with Crippen LogP contribution in [0.3, 0.4) is 0 Å². The first kappa shape index (κ1) is 17.7. The molecule has 1 rings (SSSR count). The second kappa shape index (κ2) is 7.04. The Morgan fingerprint density at radius 2 is 1.67 bits per heavy atom. The van der Waals surface area contributed by atoms with Crippen LogP contribution in [0, 0.1) is 27.7 Å². The quantitative estimate of drug-likeness (QED) is 0.817. The van der Waals surface area contributed by atoms with Crippen molar-refractivity contribution in [2.75, 3.05) is 13.2 Å². The maximum Gasteiger partial charge on any atom is 0.307 e. The summed E-state index contributed by atoms with van der Waals surface area (Å²) >= 11 is 0. The van der Waals surface area contributed by atoms with E-state index < -0.39 is 16.0 Å². The van der Waals surface area contributed by atoms with E-state index in [1.165, 1.54) is 0 Å². The van der Waals surface area contributed by atoms with Crippen LogP contribution in [0.15, 0.2) is 11.0 Å². The minimum atomic E-state index is -3.64. The van der Waals surface area contributed by atoms with Crippen molar-refractivity contribution in [3.8, 4) is 0 Å². The number of carbonyl (C=O) groups excluding carboxylic acids is 1. The largest absolute Gasteiger partial charge is 0.466 e. The highest BCUT2D eigenvalue weighted by molar-refractivity contribution is 7.89. The molecule has 0 saturated heterocycles. The van der Waals surface area contributed by atoms with Gasteiger partial charge in [-0.15, -0.1) is 0 Å². The Hall–Kier alpha value is -1.40. The molecule has 0 unspecified atom stereocenters. The lowest BCUT2D eigenvalue weighted by Crippen LogP contribution is -2.28. The van der Waals surface area contributed by atoms with Gasteiger partial charge in [0.15, 0.2) is 0 Å². The summed E-state index contributed by atoms with van der Waals surface area (Å²) in [5.74, 6) is -0.408. The van der Waals surface area contributed by atoms with Crippen molar-refractivity contribution in [3.05, 3.63) is 28.3 Å². The minimum Gasteiger partial charge on any atom is -0.466 e. The van der Waals surface area contributed by atoms with E-state index >= 15 is 0 Å². The molecule has 6 heteroatoms. The van der Waals surface area contributed by atoms with Gasteiger partial charge < -0.3 is 4.74 Å². The molecule has 5 nitrogen and oxygen atoms in total. The van der Waals surface area contributed by atoms with Crippen molar-refractivity contribution in [3.63, 3.8) is 0 Å². The number of rotatable bonds is 6. The number of esters is 1. The van der Waals surface area contributed by atoms with Crippen molar-refractivity contribution in [2.45, 2.75) is 45.9 Å². The summed E-state index contributed by atoms with van der Waals surface area (Å²) in [4.78, 5) is 11.6. The highest BCUT2D eigenvalue weighted by atomic mass is 32.2. The van der Waals surface area contributed by atoms with Gasteiger partial charge in [-0.2, -0.15) is 0 Å². The second-order valence-electron chi connectivity index (χ2n) is 5.04. The Balaban J connectivity index is 2.97. The van der Waals surface area contributed by atoms with Crippen LogP contribution in [0.25, 0.3) is 0 Å². The normalized spacial score (nSPS) is 11.5. The summed E-state index contributed by atoms with van der Waals surface area (Å²) < 4.78 is 32.2. The first-order chi connectivity index (χ1) is 9.70. The van der Waals surface area contributed by atoms with Gasteiger partial charge in [0, 0.05) is 6.54 Å². The minimum absolute atomic E-state index is 0.0238. The molecule has 1 aromatic rings. The fraction of sp³-hybridized carbons (Fsp3) is 0.533. The lowest BCUT2D eigenvalue weighted by molar-refractivity contribution is -0.142.